The van der Waals surface area contributed by atoms with Gasteiger partial charge in [0.2, 0.25) is 5.16 Å². The van der Waals surface area contributed by atoms with Crippen LogP contribution in [0.15, 0.2) is 53.7 Å². The number of hydrogen-bond acceptors (Lipinski definition) is 5. The average Bonchev–Trinajstić information content (AvgIpc) is 3.08. The van der Waals surface area contributed by atoms with Crippen molar-refractivity contribution in [2.45, 2.75) is 30.7 Å². The zero-order valence-corrected chi connectivity index (χ0v) is 14.8. The molecule has 24 heavy (non-hydrogen) atoms. The molecule has 1 heterocycles. The second-order valence-corrected chi connectivity index (χ2v) is 6.67. The zero-order valence-electron chi connectivity index (χ0n) is 14.0. The van der Waals surface area contributed by atoms with Crippen LogP contribution in [0.2, 0.25) is 0 Å². The molecule has 0 saturated carbocycles. The molecule has 0 aliphatic carbocycles. The van der Waals surface area contributed by atoms with Crippen LogP contribution in [0.25, 0.3) is 5.69 Å². The number of rotatable bonds is 6. The second kappa shape index (κ2) is 7.49. The van der Waals surface area contributed by atoms with E-state index in [2.05, 4.69) is 53.6 Å². The Kier molecular flexibility index (Phi) is 5.15. The monoisotopic (exact) mass is 340 g/mol. The van der Waals surface area contributed by atoms with Gasteiger partial charge in [0.25, 0.3) is 0 Å². The first kappa shape index (κ1) is 16.5. The lowest BCUT2D eigenvalue weighted by Gasteiger charge is -2.09. The Morgan fingerprint density at radius 3 is 2.54 bits per heavy atom. The van der Waals surface area contributed by atoms with Crippen molar-refractivity contribution in [3.8, 4) is 11.4 Å². The third-order valence-electron chi connectivity index (χ3n) is 3.77. The Balaban J connectivity index is 1.76. The van der Waals surface area contributed by atoms with Crippen LogP contribution in [0.5, 0.6) is 5.75 Å². The summed E-state index contributed by atoms with van der Waals surface area (Å²) in [4.78, 5) is 0. The Morgan fingerprint density at radius 1 is 1.08 bits per heavy atom. The zero-order chi connectivity index (χ0) is 16.9. The lowest BCUT2D eigenvalue weighted by Crippen LogP contribution is -2.01. The lowest BCUT2D eigenvalue weighted by atomic mass is 10.0. The molecule has 0 fully saturated rings. The maximum absolute atomic E-state index is 5.40. The molecular weight excluding hydrogens is 320 g/mol. The van der Waals surface area contributed by atoms with E-state index in [1.807, 2.05) is 24.3 Å². The van der Waals surface area contributed by atoms with E-state index in [1.165, 1.54) is 11.1 Å². The molecule has 0 atom stereocenters. The van der Waals surface area contributed by atoms with Crippen molar-refractivity contribution in [1.29, 1.82) is 0 Å². The van der Waals surface area contributed by atoms with Gasteiger partial charge in [-0.15, -0.1) is 5.10 Å². The van der Waals surface area contributed by atoms with Crippen LogP contribution in [0.4, 0.5) is 0 Å². The van der Waals surface area contributed by atoms with Crippen molar-refractivity contribution in [3.05, 3.63) is 59.7 Å². The molecule has 1 aromatic heterocycles. The van der Waals surface area contributed by atoms with E-state index >= 15 is 0 Å². The van der Waals surface area contributed by atoms with E-state index in [4.69, 9.17) is 4.74 Å². The summed E-state index contributed by atoms with van der Waals surface area (Å²) in [6, 6.07) is 16.4. The van der Waals surface area contributed by atoms with E-state index in [1.54, 1.807) is 23.6 Å². The molecule has 0 bridgehead atoms. The van der Waals surface area contributed by atoms with Crippen molar-refractivity contribution in [2.75, 3.05) is 7.11 Å². The van der Waals surface area contributed by atoms with E-state index in [0.717, 1.165) is 22.3 Å². The molecule has 3 aromatic rings. The Hall–Kier alpha value is -2.34. The predicted octanol–water partition coefficient (Wildman–Crippen LogP) is 4.09. The minimum atomic E-state index is 0.546. The van der Waals surface area contributed by atoms with Crippen LogP contribution in [0.3, 0.4) is 0 Å². The van der Waals surface area contributed by atoms with Gasteiger partial charge < -0.3 is 4.74 Å². The number of para-hydroxylation sites is 2. The van der Waals surface area contributed by atoms with Gasteiger partial charge in [-0.2, -0.15) is 4.68 Å². The number of tetrazole rings is 1. The highest BCUT2D eigenvalue weighted by molar-refractivity contribution is 7.98. The molecule has 0 aliphatic rings. The number of aromatic nitrogens is 4. The Bertz CT molecular complexity index is 799. The summed E-state index contributed by atoms with van der Waals surface area (Å²) in [6.45, 7) is 4.40. The molecule has 5 nitrogen and oxygen atoms in total. The molecule has 0 amide bonds. The van der Waals surface area contributed by atoms with Crippen LogP contribution in [-0.4, -0.2) is 27.3 Å². The number of ether oxygens (including phenoxy) is 1. The first-order valence-electron chi connectivity index (χ1n) is 7.82. The van der Waals surface area contributed by atoms with Gasteiger partial charge in [0, 0.05) is 5.75 Å². The van der Waals surface area contributed by atoms with Crippen LogP contribution in [-0.2, 0) is 5.75 Å². The first-order chi connectivity index (χ1) is 11.7. The highest BCUT2D eigenvalue weighted by Gasteiger charge is 2.13. The van der Waals surface area contributed by atoms with Crippen molar-refractivity contribution < 1.29 is 4.74 Å². The standard InChI is InChI=1S/C18H20N4OS/c1-13(2)15-10-8-14(9-11-15)12-24-18-19-20-21-22(18)16-6-4-5-7-17(16)23-3/h4-11,13H,12H2,1-3H3. The van der Waals surface area contributed by atoms with Crippen LogP contribution in [0, 0.1) is 0 Å². The molecule has 6 heteroatoms. The van der Waals surface area contributed by atoms with Gasteiger partial charge >= 0.3 is 0 Å². The molecule has 2 aromatic carbocycles. The van der Waals surface area contributed by atoms with Crippen molar-refractivity contribution in [2.24, 2.45) is 0 Å². The molecule has 3 rings (SSSR count). The first-order valence-corrected chi connectivity index (χ1v) is 8.81. The second-order valence-electron chi connectivity index (χ2n) is 5.73. The minimum Gasteiger partial charge on any atom is -0.494 e. The van der Waals surface area contributed by atoms with Gasteiger partial charge in [-0.1, -0.05) is 62.0 Å². The lowest BCUT2D eigenvalue weighted by molar-refractivity contribution is 0.410. The Labute approximate surface area is 146 Å². The molecule has 124 valence electrons. The van der Waals surface area contributed by atoms with Crippen LogP contribution >= 0.6 is 11.8 Å². The van der Waals surface area contributed by atoms with Gasteiger partial charge in [-0.3, -0.25) is 0 Å². The fourth-order valence-corrected chi connectivity index (χ4v) is 3.21. The van der Waals surface area contributed by atoms with Crippen molar-refractivity contribution >= 4 is 11.8 Å². The normalized spacial score (nSPS) is 11.0. The quantitative estimate of drug-likeness (QED) is 0.633. The molecule has 0 radical (unpaired) electrons. The maximum Gasteiger partial charge on any atom is 0.214 e. The number of benzene rings is 2. The Morgan fingerprint density at radius 2 is 1.83 bits per heavy atom. The van der Waals surface area contributed by atoms with E-state index in [0.29, 0.717) is 5.92 Å². The molecule has 0 saturated heterocycles. The summed E-state index contributed by atoms with van der Waals surface area (Å²) >= 11 is 1.61. The third kappa shape index (κ3) is 3.59. The summed E-state index contributed by atoms with van der Waals surface area (Å²) in [7, 11) is 1.65. The van der Waals surface area contributed by atoms with Gasteiger partial charge in [0.1, 0.15) is 11.4 Å². The molecular formula is C18H20N4OS. The highest BCUT2D eigenvalue weighted by atomic mass is 32.2. The van der Waals surface area contributed by atoms with Gasteiger partial charge in [-0.05, 0) is 39.6 Å². The van der Waals surface area contributed by atoms with E-state index in [-0.39, 0.29) is 0 Å². The van der Waals surface area contributed by atoms with Crippen molar-refractivity contribution in [3.63, 3.8) is 0 Å². The van der Waals surface area contributed by atoms with E-state index < -0.39 is 0 Å². The topological polar surface area (TPSA) is 52.8 Å². The van der Waals surface area contributed by atoms with Gasteiger partial charge in [0.05, 0.1) is 7.11 Å². The minimum absolute atomic E-state index is 0.546. The number of nitrogens with zero attached hydrogens (tertiary/aromatic N) is 4. The van der Waals surface area contributed by atoms with Gasteiger partial charge in [0.15, 0.2) is 0 Å². The molecule has 0 unspecified atom stereocenters. The van der Waals surface area contributed by atoms with Crippen molar-refractivity contribution in [1.82, 2.24) is 20.2 Å². The largest absolute Gasteiger partial charge is 0.494 e. The van der Waals surface area contributed by atoms with Gasteiger partial charge in [-0.25, -0.2) is 0 Å². The average molecular weight is 340 g/mol. The molecule has 0 spiro atoms. The fourth-order valence-electron chi connectivity index (χ4n) is 2.37. The summed E-state index contributed by atoms with van der Waals surface area (Å²) in [6.07, 6.45) is 0. The predicted molar refractivity (Wildman–Crippen MR) is 95.8 cm³/mol. The fraction of sp³-hybridized carbons (Fsp3) is 0.278. The third-order valence-corrected chi connectivity index (χ3v) is 4.76. The molecule has 0 aliphatic heterocycles. The number of thioether (sulfide) groups is 1. The van der Waals surface area contributed by atoms with E-state index in [9.17, 15) is 0 Å². The summed E-state index contributed by atoms with van der Waals surface area (Å²) in [5.74, 6) is 2.10. The summed E-state index contributed by atoms with van der Waals surface area (Å²) < 4.78 is 7.11. The maximum atomic E-state index is 5.40. The smallest absolute Gasteiger partial charge is 0.214 e. The SMILES string of the molecule is COc1ccccc1-n1nnnc1SCc1ccc(C(C)C)cc1. The van der Waals surface area contributed by atoms with Crippen LogP contribution < -0.4 is 4.74 Å². The molecule has 0 N–H and O–H groups in total. The van der Waals surface area contributed by atoms with Crippen LogP contribution in [0.1, 0.15) is 30.9 Å². The highest BCUT2D eigenvalue weighted by Crippen LogP contribution is 2.27. The summed E-state index contributed by atoms with van der Waals surface area (Å²) in [5.41, 5.74) is 3.43. The summed E-state index contributed by atoms with van der Waals surface area (Å²) in [5, 5.41) is 12.8. The number of hydrogen-bond donors (Lipinski definition) is 0. The number of methoxy groups -OCH3 is 1.